The van der Waals surface area contributed by atoms with Crippen LogP contribution >= 0.6 is 0 Å². The van der Waals surface area contributed by atoms with Gasteiger partial charge in [-0.1, -0.05) is 24.8 Å². The maximum absolute atomic E-state index is 12.4. The molecule has 0 spiro atoms. The molecule has 0 radical (unpaired) electrons. The number of para-hydroxylation sites is 1. The van der Waals surface area contributed by atoms with Crippen LogP contribution in [-0.4, -0.2) is 58.6 Å². The minimum atomic E-state index is -0.269. The second-order valence-electron chi connectivity index (χ2n) is 11.1. The Kier molecular flexibility index (Phi) is 6.93. The van der Waals surface area contributed by atoms with E-state index < -0.39 is 0 Å². The molecule has 1 atom stereocenters. The van der Waals surface area contributed by atoms with Gasteiger partial charge in [-0.15, -0.1) is 0 Å². The molecular formula is C32H34N8O. The van der Waals surface area contributed by atoms with Gasteiger partial charge in [-0.3, -0.25) is 4.79 Å². The number of anilines is 4. The molecular weight excluding hydrogens is 512 g/mol. The zero-order valence-corrected chi connectivity index (χ0v) is 23.7. The van der Waals surface area contributed by atoms with Crippen molar-refractivity contribution in [2.24, 2.45) is 0 Å². The Balaban J connectivity index is 1.38. The Morgan fingerprint density at radius 1 is 1.24 bits per heavy atom. The number of carbonyl (C=O) groups is 1. The van der Waals surface area contributed by atoms with Gasteiger partial charge in [0, 0.05) is 48.5 Å². The lowest BCUT2D eigenvalue weighted by Gasteiger charge is -2.25. The molecule has 2 aliphatic rings. The van der Waals surface area contributed by atoms with Crippen molar-refractivity contribution in [1.29, 1.82) is 5.26 Å². The highest BCUT2D eigenvalue weighted by Crippen LogP contribution is 2.38. The van der Waals surface area contributed by atoms with Crippen molar-refractivity contribution in [3.8, 4) is 17.3 Å². The van der Waals surface area contributed by atoms with Gasteiger partial charge in [0.15, 0.2) is 0 Å². The fraction of sp³-hybridized carbons (Fsp3) is 0.312. The van der Waals surface area contributed by atoms with E-state index in [2.05, 4.69) is 87.2 Å². The van der Waals surface area contributed by atoms with E-state index in [0.29, 0.717) is 28.9 Å². The Bertz CT molecular complexity index is 1710. The molecule has 1 amide bonds. The molecule has 0 aliphatic carbocycles. The molecule has 0 unspecified atom stereocenters. The van der Waals surface area contributed by atoms with Gasteiger partial charge >= 0.3 is 0 Å². The summed E-state index contributed by atoms with van der Waals surface area (Å²) in [5.74, 6) is 0.117. The lowest BCUT2D eigenvalue weighted by Crippen LogP contribution is -2.31. The van der Waals surface area contributed by atoms with Crippen molar-refractivity contribution in [2.45, 2.75) is 38.8 Å². The smallest absolute Gasteiger partial charge is 0.247 e. The van der Waals surface area contributed by atoms with E-state index in [0.717, 1.165) is 66.8 Å². The molecule has 2 aromatic heterocycles. The van der Waals surface area contributed by atoms with Crippen molar-refractivity contribution in [3.05, 3.63) is 72.1 Å². The first kappa shape index (κ1) is 26.5. The number of nitrogens with one attached hydrogen (secondary N) is 2. The highest BCUT2D eigenvalue weighted by atomic mass is 16.1. The first-order valence-electron chi connectivity index (χ1n) is 14.0. The van der Waals surface area contributed by atoms with Crippen LogP contribution in [0.1, 0.15) is 29.5 Å². The van der Waals surface area contributed by atoms with Gasteiger partial charge in [0.1, 0.15) is 6.07 Å². The number of carbonyl (C=O) groups excluding carboxylic acids is 1. The number of aromatic nitrogens is 3. The highest BCUT2D eigenvalue weighted by molar-refractivity contribution is 6.02. The average Bonchev–Trinajstić information content (AvgIpc) is 3.62. The van der Waals surface area contributed by atoms with E-state index in [1.807, 2.05) is 13.0 Å². The van der Waals surface area contributed by atoms with E-state index in [1.165, 1.54) is 17.2 Å². The van der Waals surface area contributed by atoms with Crippen LogP contribution < -0.4 is 15.5 Å². The molecule has 208 valence electrons. The number of nitrogens with zero attached hydrogens (tertiary/aromatic N) is 6. The predicted molar refractivity (Wildman–Crippen MR) is 164 cm³/mol. The fourth-order valence-corrected chi connectivity index (χ4v) is 6.05. The molecule has 4 heterocycles. The lowest BCUT2D eigenvalue weighted by molar-refractivity contribution is -0.111. The Hall–Kier alpha value is -4.68. The Labute approximate surface area is 240 Å². The average molecular weight is 547 g/mol. The van der Waals surface area contributed by atoms with E-state index >= 15 is 0 Å². The third kappa shape index (κ3) is 4.92. The van der Waals surface area contributed by atoms with Crippen molar-refractivity contribution < 1.29 is 4.79 Å². The second-order valence-corrected chi connectivity index (χ2v) is 11.1. The summed E-state index contributed by atoms with van der Waals surface area (Å²) in [4.78, 5) is 26.3. The largest absolute Gasteiger partial charge is 0.368 e. The summed E-state index contributed by atoms with van der Waals surface area (Å²) in [6.07, 6.45) is 8.16. The number of likely N-dealkylation sites (N-methyl/N-ethyl adjacent to an activating group) is 1. The third-order valence-electron chi connectivity index (χ3n) is 8.26. The van der Waals surface area contributed by atoms with Crippen LogP contribution in [0, 0.1) is 18.3 Å². The van der Waals surface area contributed by atoms with Crippen LogP contribution in [0.3, 0.4) is 0 Å². The number of benzene rings is 2. The van der Waals surface area contributed by atoms with E-state index in [9.17, 15) is 10.1 Å². The van der Waals surface area contributed by atoms with E-state index in [1.54, 1.807) is 6.20 Å². The summed E-state index contributed by atoms with van der Waals surface area (Å²) >= 11 is 0. The topological polar surface area (TPSA) is 102 Å². The summed E-state index contributed by atoms with van der Waals surface area (Å²) in [5.41, 5.74) is 7.95. The zero-order valence-electron chi connectivity index (χ0n) is 23.7. The molecule has 6 rings (SSSR count). The third-order valence-corrected chi connectivity index (χ3v) is 8.26. The molecule has 1 fully saturated rings. The molecule has 41 heavy (non-hydrogen) atoms. The van der Waals surface area contributed by atoms with E-state index in [4.69, 9.17) is 4.98 Å². The number of nitriles is 1. The number of hydrogen-bond acceptors (Lipinski definition) is 7. The minimum Gasteiger partial charge on any atom is -0.368 e. The fourth-order valence-electron chi connectivity index (χ4n) is 6.05. The first-order chi connectivity index (χ1) is 19.9. The molecule has 0 bridgehead atoms. The SMILES string of the molecule is C=CC(=O)Nc1cc(Nc2ncc(C#N)c(-c3cn4c5c(cccc35)CCC4)n2)c(C)cc1N1CC[C@@H](N(C)C)C1. The molecule has 2 N–H and O–H groups in total. The Morgan fingerprint density at radius 3 is 2.85 bits per heavy atom. The molecule has 9 heteroatoms. The number of amides is 1. The standard InChI is InChI=1S/C32H34N8O/c1-5-29(41)35-27-15-26(20(2)14-28(27)39-13-11-23(18-39)38(3)4)36-32-34-17-22(16-33)30(37-32)25-19-40-12-7-9-21-8-6-10-24(25)31(21)40/h5-6,8,10,14-15,17,19,23H,1,7,9,11-13,18H2,2-4H3,(H,35,41)(H,34,36,37)/t23-/m1/s1. The monoisotopic (exact) mass is 546 g/mol. The van der Waals surface area contributed by atoms with Crippen LogP contribution in [0.15, 0.2) is 55.4 Å². The van der Waals surface area contributed by atoms with Crippen LogP contribution in [0.25, 0.3) is 22.2 Å². The van der Waals surface area contributed by atoms with Gasteiger partial charge in [-0.25, -0.2) is 9.97 Å². The zero-order chi connectivity index (χ0) is 28.7. The lowest BCUT2D eigenvalue weighted by atomic mass is 10.0. The molecule has 0 saturated carbocycles. The molecule has 2 aromatic carbocycles. The van der Waals surface area contributed by atoms with Crippen molar-refractivity contribution in [1.82, 2.24) is 19.4 Å². The quantitative estimate of drug-likeness (QED) is 0.306. The summed E-state index contributed by atoms with van der Waals surface area (Å²) in [6.45, 7) is 8.39. The van der Waals surface area contributed by atoms with Gasteiger partial charge in [-0.05, 0) is 69.6 Å². The number of aryl methyl sites for hydroxylation is 3. The van der Waals surface area contributed by atoms with Crippen molar-refractivity contribution in [3.63, 3.8) is 0 Å². The van der Waals surface area contributed by atoms with Crippen LogP contribution in [-0.2, 0) is 17.8 Å². The van der Waals surface area contributed by atoms with Gasteiger partial charge in [0.25, 0.3) is 0 Å². The van der Waals surface area contributed by atoms with Crippen LogP contribution in [0.4, 0.5) is 23.0 Å². The summed E-state index contributed by atoms with van der Waals surface area (Å²) in [7, 11) is 4.20. The molecule has 4 aromatic rings. The summed E-state index contributed by atoms with van der Waals surface area (Å²) in [5, 5.41) is 17.4. The maximum Gasteiger partial charge on any atom is 0.247 e. The summed E-state index contributed by atoms with van der Waals surface area (Å²) in [6, 6.07) is 13.1. The maximum atomic E-state index is 12.4. The van der Waals surface area contributed by atoms with Gasteiger partial charge in [0.05, 0.1) is 34.3 Å². The van der Waals surface area contributed by atoms with Gasteiger partial charge in [-0.2, -0.15) is 5.26 Å². The van der Waals surface area contributed by atoms with Crippen LogP contribution in [0.2, 0.25) is 0 Å². The minimum absolute atomic E-state index is 0.269. The number of hydrogen-bond donors (Lipinski definition) is 2. The molecule has 9 nitrogen and oxygen atoms in total. The Morgan fingerprint density at radius 2 is 2.10 bits per heavy atom. The number of rotatable bonds is 7. The van der Waals surface area contributed by atoms with Crippen molar-refractivity contribution in [2.75, 3.05) is 42.7 Å². The normalized spacial score (nSPS) is 16.2. The molecule has 1 saturated heterocycles. The summed E-state index contributed by atoms with van der Waals surface area (Å²) < 4.78 is 2.27. The first-order valence-corrected chi connectivity index (χ1v) is 14.0. The second kappa shape index (κ2) is 10.7. The van der Waals surface area contributed by atoms with Crippen molar-refractivity contribution >= 4 is 39.8 Å². The molecule has 2 aliphatic heterocycles. The predicted octanol–water partition coefficient (Wildman–Crippen LogP) is 5.23. The van der Waals surface area contributed by atoms with Gasteiger partial charge < -0.3 is 25.0 Å². The van der Waals surface area contributed by atoms with Gasteiger partial charge in [0.2, 0.25) is 11.9 Å². The highest BCUT2D eigenvalue weighted by Gasteiger charge is 2.27. The van der Waals surface area contributed by atoms with Crippen LogP contribution in [0.5, 0.6) is 0 Å². The van der Waals surface area contributed by atoms with E-state index in [-0.39, 0.29) is 5.91 Å².